The van der Waals surface area contributed by atoms with Crippen molar-refractivity contribution in [2.45, 2.75) is 43.2 Å². The summed E-state index contributed by atoms with van der Waals surface area (Å²) >= 11 is 0. The van der Waals surface area contributed by atoms with Gasteiger partial charge >= 0.3 is 12.2 Å². The standard InChI is InChI=1S/C23H23F4N3O5/c24-16-3-1-2-4-17(16)30-22(33)29-12-5-6-18-14(7-12)15-8-13(34-19(10-31)21(15)35-18)9-20(32)28-11-23(25,26)27/h1-7,13,15,19,21,31H,8-11H2,(H,28,32)(H2,29,30,33)/t13-,15-,19-,21+/m0/s1. The Morgan fingerprint density at radius 3 is 2.60 bits per heavy atom. The summed E-state index contributed by atoms with van der Waals surface area (Å²) in [5, 5.41) is 16.6. The molecule has 0 bridgehead atoms. The van der Waals surface area contributed by atoms with Gasteiger partial charge in [0.25, 0.3) is 0 Å². The maximum Gasteiger partial charge on any atom is 0.405 e. The minimum Gasteiger partial charge on any atom is -0.487 e. The minimum absolute atomic E-state index is 0.0106. The largest absolute Gasteiger partial charge is 0.487 e. The van der Waals surface area contributed by atoms with Gasteiger partial charge in [-0.25, -0.2) is 9.18 Å². The number of para-hydroxylation sites is 1. The van der Waals surface area contributed by atoms with E-state index in [9.17, 15) is 32.3 Å². The van der Waals surface area contributed by atoms with Gasteiger partial charge in [0.15, 0.2) is 0 Å². The predicted molar refractivity (Wildman–Crippen MR) is 117 cm³/mol. The number of halogens is 4. The molecule has 0 saturated carbocycles. The van der Waals surface area contributed by atoms with E-state index >= 15 is 0 Å². The molecule has 3 amide bonds. The fourth-order valence-electron chi connectivity index (χ4n) is 4.29. The van der Waals surface area contributed by atoms with E-state index in [1.165, 1.54) is 18.2 Å². The molecule has 2 heterocycles. The summed E-state index contributed by atoms with van der Waals surface area (Å²) in [5.41, 5.74) is 1.10. The maximum atomic E-state index is 13.8. The number of urea groups is 1. The molecular weight excluding hydrogens is 474 g/mol. The zero-order valence-electron chi connectivity index (χ0n) is 18.3. The van der Waals surface area contributed by atoms with Gasteiger partial charge in [0.05, 0.1) is 24.8 Å². The molecule has 1 fully saturated rings. The smallest absolute Gasteiger partial charge is 0.405 e. The Morgan fingerprint density at radius 1 is 1.11 bits per heavy atom. The molecule has 0 aromatic heterocycles. The van der Waals surface area contributed by atoms with Crippen molar-refractivity contribution in [2.24, 2.45) is 0 Å². The Kier molecular flexibility index (Phi) is 7.13. The van der Waals surface area contributed by atoms with Crippen LogP contribution >= 0.6 is 0 Å². The number of aliphatic hydroxyl groups is 1. The fraction of sp³-hybridized carbons (Fsp3) is 0.391. The Morgan fingerprint density at radius 2 is 1.89 bits per heavy atom. The van der Waals surface area contributed by atoms with Crippen LogP contribution in [0.1, 0.15) is 24.3 Å². The van der Waals surface area contributed by atoms with Gasteiger partial charge in [-0.05, 0) is 36.8 Å². The summed E-state index contributed by atoms with van der Waals surface area (Å²) in [6.45, 7) is -1.85. The quantitative estimate of drug-likeness (QED) is 0.457. The highest BCUT2D eigenvalue weighted by atomic mass is 19.4. The Balaban J connectivity index is 1.44. The molecule has 2 aliphatic rings. The van der Waals surface area contributed by atoms with Crippen molar-refractivity contribution in [3.63, 3.8) is 0 Å². The van der Waals surface area contributed by atoms with E-state index in [0.29, 0.717) is 17.0 Å². The second-order valence-electron chi connectivity index (χ2n) is 8.31. The molecular formula is C23H23F4N3O5. The van der Waals surface area contributed by atoms with Crippen LogP contribution in [-0.2, 0) is 9.53 Å². The Labute approximate surface area is 197 Å². The molecule has 2 aromatic rings. The molecule has 4 atom stereocenters. The normalized spacial score (nSPS) is 23.0. The molecule has 4 N–H and O–H groups in total. The highest BCUT2D eigenvalue weighted by molar-refractivity contribution is 5.99. The van der Waals surface area contributed by atoms with Gasteiger partial charge in [-0.15, -0.1) is 0 Å². The third kappa shape index (κ3) is 6.01. The molecule has 0 radical (unpaired) electrons. The number of hydrogen-bond donors (Lipinski definition) is 4. The zero-order chi connectivity index (χ0) is 25.2. The van der Waals surface area contributed by atoms with Gasteiger partial charge in [0, 0.05) is 17.2 Å². The van der Waals surface area contributed by atoms with Crippen LogP contribution in [0.5, 0.6) is 5.75 Å². The van der Waals surface area contributed by atoms with Crippen molar-refractivity contribution in [3.8, 4) is 5.75 Å². The zero-order valence-corrected chi connectivity index (χ0v) is 18.3. The topological polar surface area (TPSA) is 109 Å². The lowest BCUT2D eigenvalue weighted by Crippen LogP contribution is -2.47. The van der Waals surface area contributed by atoms with E-state index in [1.807, 2.05) is 5.32 Å². The van der Waals surface area contributed by atoms with Crippen molar-refractivity contribution in [1.82, 2.24) is 5.32 Å². The minimum atomic E-state index is -4.53. The third-order valence-electron chi connectivity index (χ3n) is 5.78. The number of anilines is 2. The van der Waals surface area contributed by atoms with Gasteiger partial charge in [-0.2, -0.15) is 13.2 Å². The van der Waals surface area contributed by atoms with Crippen molar-refractivity contribution >= 4 is 23.3 Å². The molecule has 4 rings (SSSR count). The first-order chi connectivity index (χ1) is 16.6. The molecule has 0 aliphatic carbocycles. The number of carbonyl (C=O) groups is 2. The first-order valence-corrected chi connectivity index (χ1v) is 10.9. The summed E-state index contributed by atoms with van der Waals surface area (Å²) in [6.07, 6.45) is -6.67. The van der Waals surface area contributed by atoms with Crippen LogP contribution in [0.2, 0.25) is 0 Å². The molecule has 188 valence electrons. The van der Waals surface area contributed by atoms with Crippen molar-refractivity contribution in [3.05, 3.63) is 53.8 Å². The summed E-state index contributed by atoms with van der Waals surface area (Å²) < 4.78 is 62.5. The average molecular weight is 497 g/mol. The van der Waals surface area contributed by atoms with Crippen molar-refractivity contribution in [2.75, 3.05) is 23.8 Å². The lowest BCUT2D eigenvalue weighted by molar-refractivity contribution is -0.149. The number of fused-ring (bicyclic) bond motifs is 3. The Hall–Kier alpha value is -3.38. The number of amides is 3. The van der Waals surface area contributed by atoms with Gasteiger partial charge in [0.2, 0.25) is 5.91 Å². The molecule has 0 spiro atoms. The van der Waals surface area contributed by atoms with Crippen molar-refractivity contribution in [1.29, 1.82) is 0 Å². The first kappa shape index (κ1) is 24.7. The lowest BCUT2D eigenvalue weighted by atomic mass is 9.84. The van der Waals surface area contributed by atoms with Crippen LogP contribution in [-0.4, -0.2) is 54.7 Å². The third-order valence-corrected chi connectivity index (χ3v) is 5.78. The van der Waals surface area contributed by atoms with Gasteiger partial charge in [-0.3, -0.25) is 4.79 Å². The Bertz CT molecular complexity index is 1100. The fourth-order valence-corrected chi connectivity index (χ4v) is 4.29. The number of rotatable bonds is 6. The number of benzene rings is 2. The van der Waals surface area contributed by atoms with Gasteiger partial charge in [0.1, 0.15) is 30.3 Å². The van der Waals surface area contributed by atoms with E-state index < -0.39 is 55.4 Å². The average Bonchev–Trinajstić information content (AvgIpc) is 3.16. The van der Waals surface area contributed by atoms with E-state index in [4.69, 9.17) is 9.47 Å². The summed E-state index contributed by atoms with van der Waals surface area (Å²) in [5.74, 6) is -1.23. The number of aliphatic hydroxyl groups excluding tert-OH is 1. The molecule has 8 nitrogen and oxygen atoms in total. The van der Waals surface area contributed by atoms with Gasteiger partial charge < -0.3 is 30.5 Å². The van der Waals surface area contributed by atoms with Crippen LogP contribution in [0.25, 0.3) is 0 Å². The molecule has 2 aliphatic heterocycles. The lowest BCUT2D eigenvalue weighted by Gasteiger charge is -2.37. The maximum absolute atomic E-state index is 13.8. The number of alkyl halides is 3. The van der Waals surface area contributed by atoms with E-state index in [1.54, 1.807) is 24.3 Å². The number of nitrogens with one attached hydrogen (secondary N) is 3. The molecule has 2 aromatic carbocycles. The van der Waals surface area contributed by atoms with E-state index in [0.717, 1.165) is 0 Å². The summed E-state index contributed by atoms with van der Waals surface area (Å²) in [7, 11) is 0. The molecule has 12 heteroatoms. The summed E-state index contributed by atoms with van der Waals surface area (Å²) in [4.78, 5) is 24.3. The van der Waals surface area contributed by atoms with Crippen molar-refractivity contribution < 1.29 is 41.7 Å². The van der Waals surface area contributed by atoms with Crippen LogP contribution in [0.3, 0.4) is 0 Å². The van der Waals surface area contributed by atoms with Crippen LogP contribution in [0, 0.1) is 5.82 Å². The highest BCUT2D eigenvalue weighted by Crippen LogP contribution is 2.47. The molecule has 0 unspecified atom stereocenters. The summed E-state index contributed by atoms with van der Waals surface area (Å²) in [6, 6.07) is 9.93. The van der Waals surface area contributed by atoms with Crippen LogP contribution < -0.4 is 20.7 Å². The predicted octanol–water partition coefficient (Wildman–Crippen LogP) is 3.53. The second kappa shape index (κ2) is 10.1. The number of carbonyl (C=O) groups excluding carboxylic acids is 2. The second-order valence-corrected chi connectivity index (χ2v) is 8.31. The highest BCUT2D eigenvalue weighted by Gasteiger charge is 2.46. The van der Waals surface area contributed by atoms with E-state index in [-0.39, 0.29) is 24.4 Å². The number of hydrogen-bond acceptors (Lipinski definition) is 5. The van der Waals surface area contributed by atoms with Crippen LogP contribution in [0.4, 0.5) is 33.7 Å². The molecule has 35 heavy (non-hydrogen) atoms. The van der Waals surface area contributed by atoms with Crippen LogP contribution in [0.15, 0.2) is 42.5 Å². The van der Waals surface area contributed by atoms with Gasteiger partial charge in [-0.1, -0.05) is 12.1 Å². The SMILES string of the molecule is O=C(C[C@@H]1C[C@H]2c3cc(NC(=O)Nc4ccccc4F)ccc3O[C@H]2[C@H](CO)O1)NCC(F)(F)F. The number of ether oxygens (including phenoxy) is 2. The monoisotopic (exact) mass is 497 g/mol. The first-order valence-electron chi connectivity index (χ1n) is 10.9. The van der Waals surface area contributed by atoms with E-state index in [2.05, 4.69) is 10.6 Å². The molecule has 1 saturated heterocycles.